The summed E-state index contributed by atoms with van der Waals surface area (Å²) in [4.78, 5) is 5.36. The van der Waals surface area contributed by atoms with Crippen molar-refractivity contribution in [2.75, 3.05) is 9.80 Å². The van der Waals surface area contributed by atoms with Gasteiger partial charge in [0.05, 0.1) is 5.69 Å². The summed E-state index contributed by atoms with van der Waals surface area (Å²) in [5, 5.41) is 0. The van der Waals surface area contributed by atoms with Crippen LogP contribution in [0.3, 0.4) is 0 Å². The fraction of sp³-hybridized carbons (Fsp3) is 0.292. The lowest BCUT2D eigenvalue weighted by Crippen LogP contribution is -2.63. The first kappa shape index (κ1) is 29.6. The molecule has 7 aliphatic rings. The number of hydrogen-bond acceptors (Lipinski definition) is 2. The van der Waals surface area contributed by atoms with Gasteiger partial charge < -0.3 is 14.4 Å². The van der Waals surface area contributed by atoms with Crippen LogP contribution in [-0.2, 0) is 18.3 Å². The second-order valence-corrected chi connectivity index (χ2v) is 17.0. The molecule has 5 aromatic carbocycles. The molecule has 0 N–H and O–H groups in total. The average molecular weight is 674 g/mol. The van der Waals surface area contributed by atoms with Crippen LogP contribution in [0.2, 0.25) is 0 Å². The van der Waals surface area contributed by atoms with Crippen LogP contribution in [-0.4, -0.2) is 11.3 Å². The van der Waals surface area contributed by atoms with Gasteiger partial charge in [0.2, 0.25) is 0 Å². The number of benzene rings is 5. The average Bonchev–Trinajstić information content (AvgIpc) is 3.53. The Balaban J connectivity index is 1.22. The van der Waals surface area contributed by atoms with E-state index in [4.69, 9.17) is 0 Å². The van der Waals surface area contributed by atoms with Crippen molar-refractivity contribution < 1.29 is 0 Å². The fourth-order valence-corrected chi connectivity index (χ4v) is 12.6. The Morgan fingerprint density at radius 1 is 0.538 bits per heavy atom. The Morgan fingerprint density at radius 2 is 1.08 bits per heavy atom. The zero-order valence-electron chi connectivity index (χ0n) is 29.8. The summed E-state index contributed by atoms with van der Waals surface area (Å²) in [6.07, 6.45) is 13.2. The van der Waals surface area contributed by atoms with Gasteiger partial charge in [0.25, 0.3) is 6.71 Å². The lowest BCUT2D eigenvalue weighted by molar-refractivity contribution is -0.00514. The minimum Gasteiger partial charge on any atom is -0.323 e. The van der Waals surface area contributed by atoms with Gasteiger partial charge >= 0.3 is 0 Å². The maximum atomic E-state index is 2.73. The molecule has 0 saturated heterocycles. The number of rotatable bonds is 4. The summed E-state index contributed by atoms with van der Waals surface area (Å²) in [6, 6.07) is 48.6. The van der Waals surface area contributed by atoms with Crippen molar-refractivity contribution in [3.63, 3.8) is 0 Å². The van der Waals surface area contributed by atoms with Crippen LogP contribution in [0.15, 0.2) is 127 Å². The Hall–Kier alpha value is -4.96. The van der Waals surface area contributed by atoms with Crippen molar-refractivity contribution in [1.29, 1.82) is 0 Å². The summed E-state index contributed by atoms with van der Waals surface area (Å²) in [7, 11) is 0. The third-order valence-electron chi connectivity index (χ3n) is 14.1. The van der Waals surface area contributed by atoms with Gasteiger partial charge in [0.15, 0.2) is 0 Å². The molecule has 0 amide bonds. The second kappa shape index (κ2) is 11.0. The first-order valence-electron chi connectivity index (χ1n) is 20.0. The first-order chi connectivity index (χ1) is 25.7. The molecule has 0 unspecified atom stereocenters. The van der Waals surface area contributed by atoms with E-state index in [0.717, 1.165) is 30.6 Å². The van der Waals surface area contributed by atoms with E-state index in [1.54, 1.807) is 11.1 Å². The molecule has 0 radical (unpaired) electrons. The van der Waals surface area contributed by atoms with Crippen LogP contribution in [0.25, 0.3) is 5.69 Å². The molecule has 1 aromatic heterocycles. The zero-order chi connectivity index (χ0) is 34.0. The van der Waals surface area contributed by atoms with Crippen molar-refractivity contribution in [3.8, 4) is 5.69 Å². The molecule has 4 heteroatoms. The highest BCUT2D eigenvalue weighted by molar-refractivity contribution is 7.00. The predicted molar refractivity (Wildman–Crippen MR) is 216 cm³/mol. The minimum atomic E-state index is 0.118. The molecule has 5 aliphatic carbocycles. The molecule has 0 atom stereocenters. The van der Waals surface area contributed by atoms with Crippen LogP contribution >= 0.6 is 0 Å². The first-order valence-corrected chi connectivity index (χ1v) is 20.0. The third-order valence-corrected chi connectivity index (χ3v) is 14.1. The molecular weight excluding hydrogens is 629 g/mol. The van der Waals surface area contributed by atoms with E-state index < -0.39 is 0 Å². The van der Waals surface area contributed by atoms with E-state index in [-0.39, 0.29) is 12.1 Å². The highest BCUT2D eigenvalue weighted by Gasteiger charge is 2.54. The molecule has 52 heavy (non-hydrogen) atoms. The normalized spacial score (nSPS) is 24.7. The Labute approximate surface area is 308 Å². The van der Waals surface area contributed by atoms with Gasteiger partial charge in [-0.2, -0.15) is 0 Å². The highest BCUT2D eigenvalue weighted by Crippen LogP contribution is 2.62. The topological polar surface area (TPSA) is 11.4 Å². The SMILES string of the molecule is c1ccc(N2c3ccccc3B3c4c2cc([C@]25CC6CC(C[C@@H](C6)C2)C5)cc4N(c2ccccc2)c2c4c(n(-c5ccccc5)c23)CCCC4)cc1. The number of nitrogens with zero attached hydrogens (tertiary/aromatic N) is 3. The van der Waals surface area contributed by atoms with E-state index in [1.165, 1.54) is 113 Å². The van der Waals surface area contributed by atoms with Crippen molar-refractivity contribution in [2.45, 2.75) is 69.6 Å². The quantitative estimate of drug-likeness (QED) is 0.172. The number of aromatic nitrogens is 1. The molecule has 254 valence electrons. The van der Waals surface area contributed by atoms with E-state index in [2.05, 4.69) is 142 Å². The maximum Gasteiger partial charge on any atom is 0.273 e. The number of anilines is 6. The number of hydrogen-bond donors (Lipinski definition) is 0. The van der Waals surface area contributed by atoms with Crippen molar-refractivity contribution in [2.24, 2.45) is 17.8 Å². The van der Waals surface area contributed by atoms with Crippen LogP contribution in [0.1, 0.15) is 68.2 Å². The van der Waals surface area contributed by atoms with Gasteiger partial charge in [-0.1, -0.05) is 72.8 Å². The van der Waals surface area contributed by atoms with E-state index in [1.807, 2.05) is 0 Å². The highest BCUT2D eigenvalue weighted by atomic mass is 15.2. The third kappa shape index (κ3) is 4.10. The predicted octanol–water partition coefficient (Wildman–Crippen LogP) is 9.91. The molecule has 4 saturated carbocycles. The minimum absolute atomic E-state index is 0.118. The van der Waals surface area contributed by atoms with E-state index >= 15 is 0 Å². The summed E-state index contributed by atoms with van der Waals surface area (Å²) < 4.78 is 2.71. The van der Waals surface area contributed by atoms with Crippen molar-refractivity contribution in [3.05, 3.63) is 144 Å². The second-order valence-electron chi connectivity index (χ2n) is 17.0. The molecule has 4 fully saturated rings. The van der Waals surface area contributed by atoms with Crippen molar-refractivity contribution in [1.82, 2.24) is 4.57 Å². The van der Waals surface area contributed by atoms with Crippen molar-refractivity contribution >= 4 is 57.4 Å². The lowest BCUT2D eigenvalue weighted by atomic mass is 9.34. The molecule has 3 heterocycles. The maximum absolute atomic E-state index is 2.73. The molecule has 6 aromatic rings. The van der Waals surface area contributed by atoms with E-state index in [0.29, 0.717) is 0 Å². The molecule has 0 spiro atoms. The van der Waals surface area contributed by atoms with Gasteiger partial charge in [-0.05, 0) is 164 Å². The van der Waals surface area contributed by atoms with Crippen LogP contribution in [0.4, 0.5) is 34.1 Å². The molecule has 4 bridgehead atoms. The van der Waals surface area contributed by atoms with Gasteiger partial charge in [0.1, 0.15) is 0 Å². The number of para-hydroxylation sites is 4. The van der Waals surface area contributed by atoms with Gasteiger partial charge in [-0.25, -0.2) is 0 Å². The Bertz CT molecular complexity index is 2330. The van der Waals surface area contributed by atoms with Crippen LogP contribution in [0, 0.1) is 17.8 Å². The monoisotopic (exact) mass is 673 g/mol. The fourth-order valence-electron chi connectivity index (χ4n) is 12.6. The molecule has 13 rings (SSSR count). The molecular formula is C48H44BN3. The number of fused-ring (bicyclic) bond motifs is 6. The largest absolute Gasteiger partial charge is 0.323 e. The lowest BCUT2D eigenvalue weighted by Gasteiger charge is -2.57. The van der Waals surface area contributed by atoms with Crippen LogP contribution in [0.5, 0.6) is 0 Å². The van der Waals surface area contributed by atoms with E-state index in [9.17, 15) is 0 Å². The summed E-state index contributed by atoms with van der Waals surface area (Å²) in [5.74, 6) is 2.67. The van der Waals surface area contributed by atoms with Gasteiger partial charge in [-0.15, -0.1) is 0 Å². The zero-order valence-corrected chi connectivity index (χ0v) is 29.8. The molecule has 2 aliphatic heterocycles. The smallest absolute Gasteiger partial charge is 0.273 e. The summed E-state index contributed by atoms with van der Waals surface area (Å²) >= 11 is 0. The Morgan fingerprint density at radius 3 is 1.73 bits per heavy atom. The summed E-state index contributed by atoms with van der Waals surface area (Å²) in [6.45, 7) is 0.118. The van der Waals surface area contributed by atoms with Crippen LogP contribution < -0.4 is 26.3 Å². The van der Waals surface area contributed by atoms with Gasteiger partial charge in [0, 0.05) is 45.4 Å². The Kier molecular flexibility index (Phi) is 6.28. The molecule has 3 nitrogen and oxygen atoms in total. The van der Waals surface area contributed by atoms with Gasteiger partial charge in [-0.3, -0.25) is 0 Å². The summed E-state index contributed by atoms with van der Waals surface area (Å²) in [5.41, 5.74) is 18.6. The standard InChI is InChI=1S/C48H44BN3/c1-4-14-36(15-5-1)50-42-23-13-11-21-40(42)49-45-43(50)27-35(48-29-32-24-33(30-48)26-34(25-32)31-48)28-44(45)51(37-16-6-2-7-17-37)46-39-20-10-12-22-41(39)52(47(46)49)38-18-8-3-9-19-38/h1-9,11,13-19,21,23,27-28,32-34H,10,12,20,22,24-26,29-31H2/t32-,33?,34?,48+.